The molecule has 0 spiro atoms. The minimum atomic E-state index is 0.0766. The monoisotopic (exact) mass is 174 g/mol. The largest absolute Gasteiger partial charge is 0.357 e. The molecular formula is C11H14N2. The van der Waals surface area contributed by atoms with Crippen molar-refractivity contribution in [1.29, 1.82) is 0 Å². The van der Waals surface area contributed by atoms with Gasteiger partial charge in [-0.3, -0.25) is 0 Å². The highest BCUT2D eigenvalue weighted by Crippen LogP contribution is 2.19. The van der Waals surface area contributed by atoms with Gasteiger partial charge in [0.2, 0.25) is 0 Å². The molecule has 1 aromatic heterocycles. The van der Waals surface area contributed by atoms with Gasteiger partial charge in [-0.25, -0.2) is 0 Å². The van der Waals surface area contributed by atoms with Crippen LogP contribution in [0.5, 0.6) is 0 Å². The minimum Gasteiger partial charge on any atom is -0.357 e. The highest BCUT2D eigenvalue weighted by Gasteiger charge is 2.03. The molecule has 1 atom stereocenters. The Labute approximate surface area is 77.8 Å². The van der Waals surface area contributed by atoms with Gasteiger partial charge in [-0.1, -0.05) is 11.6 Å². The van der Waals surface area contributed by atoms with Gasteiger partial charge in [-0.05, 0) is 37.4 Å². The first-order valence-corrected chi connectivity index (χ1v) is 4.51. The lowest BCUT2D eigenvalue weighted by atomic mass is 10.2. The molecule has 0 saturated carbocycles. The maximum Gasteiger partial charge on any atom is 0.0456 e. The van der Waals surface area contributed by atoms with Crippen molar-refractivity contribution in [2.45, 2.75) is 19.9 Å². The number of nitrogens with two attached hydrogens (primary N) is 1. The normalized spacial score (nSPS) is 13.5. The summed E-state index contributed by atoms with van der Waals surface area (Å²) in [5.41, 5.74) is 9.33. The number of aromatic amines is 1. The first kappa shape index (κ1) is 8.32. The SMILES string of the molecule is Cc1ccc2[nH]c(C(C)N)cc2c1. The summed E-state index contributed by atoms with van der Waals surface area (Å²) < 4.78 is 0. The molecule has 2 rings (SSSR count). The summed E-state index contributed by atoms with van der Waals surface area (Å²) >= 11 is 0. The summed E-state index contributed by atoms with van der Waals surface area (Å²) in [6, 6.07) is 8.55. The molecule has 0 saturated heterocycles. The number of aromatic nitrogens is 1. The Hall–Kier alpha value is -1.28. The average molecular weight is 174 g/mol. The van der Waals surface area contributed by atoms with Crippen LogP contribution in [0.4, 0.5) is 0 Å². The van der Waals surface area contributed by atoms with Gasteiger partial charge >= 0.3 is 0 Å². The van der Waals surface area contributed by atoms with Crippen LogP contribution in [0, 0.1) is 6.92 Å². The summed E-state index contributed by atoms with van der Waals surface area (Å²) in [6.45, 7) is 4.08. The van der Waals surface area contributed by atoms with E-state index < -0.39 is 0 Å². The van der Waals surface area contributed by atoms with Gasteiger partial charge in [0.15, 0.2) is 0 Å². The van der Waals surface area contributed by atoms with Crippen molar-refractivity contribution in [3.63, 3.8) is 0 Å². The van der Waals surface area contributed by atoms with E-state index in [1.54, 1.807) is 0 Å². The maximum absolute atomic E-state index is 5.78. The fourth-order valence-electron chi connectivity index (χ4n) is 1.52. The van der Waals surface area contributed by atoms with Crippen LogP contribution in [-0.2, 0) is 0 Å². The number of nitrogens with one attached hydrogen (secondary N) is 1. The van der Waals surface area contributed by atoms with Gasteiger partial charge in [0.1, 0.15) is 0 Å². The summed E-state index contributed by atoms with van der Waals surface area (Å²) in [5, 5.41) is 1.24. The van der Waals surface area contributed by atoms with Crippen molar-refractivity contribution < 1.29 is 0 Å². The number of hydrogen-bond acceptors (Lipinski definition) is 1. The number of rotatable bonds is 1. The van der Waals surface area contributed by atoms with Crippen molar-refractivity contribution in [2.75, 3.05) is 0 Å². The van der Waals surface area contributed by atoms with Crippen LogP contribution in [0.2, 0.25) is 0 Å². The summed E-state index contributed by atoms with van der Waals surface area (Å²) in [6.07, 6.45) is 0. The van der Waals surface area contributed by atoms with Crippen LogP contribution >= 0.6 is 0 Å². The third kappa shape index (κ3) is 1.45. The van der Waals surface area contributed by atoms with E-state index in [4.69, 9.17) is 5.73 Å². The van der Waals surface area contributed by atoms with Crippen LogP contribution in [0.25, 0.3) is 10.9 Å². The van der Waals surface area contributed by atoms with Gasteiger partial charge in [-0.2, -0.15) is 0 Å². The Morgan fingerprint density at radius 2 is 2.08 bits per heavy atom. The van der Waals surface area contributed by atoms with Crippen molar-refractivity contribution in [1.82, 2.24) is 4.98 Å². The number of fused-ring (bicyclic) bond motifs is 1. The van der Waals surface area contributed by atoms with E-state index in [2.05, 4.69) is 36.2 Å². The Morgan fingerprint density at radius 3 is 2.77 bits per heavy atom. The van der Waals surface area contributed by atoms with Gasteiger partial charge in [0.05, 0.1) is 0 Å². The lowest BCUT2D eigenvalue weighted by Gasteiger charge is -1.98. The Bertz CT molecular complexity index is 427. The second-order valence-corrected chi connectivity index (χ2v) is 3.60. The van der Waals surface area contributed by atoms with E-state index in [0.29, 0.717) is 0 Å². The molecule has 3 N–H and O–H groups in total. The van der Waals surface area contributed by atoms with Crippen molar-refractivity contribution in [3.05, 3.63) is 35.5 Å². The van der Waals surface area contributed by atoms with Gasteiger partial charge in [0.25, 0.3) is 0 Å². The fraction of sp³-hybridized carbons (Fsp3) is 0.273. The van der Waals surface area contributed by atoms with E-state index in [9.17, 15) is 0 Å². The van der Waals surface area contributed by atoms with Crippen LogP contribution in [-0.4, -0.2) is 4.98 Å². The maximum atomic E-state index is 5.78. The molecule has 1 unspecified atom stereocenters. The van der Waals surface area contributed by atoms with E-state index in [0.717, 1.165) is 11.2 Å². The second-order valence-electron chi connectivity index (χ2n) is 3.60. The zero-order valence-electron chi connectivity index (χ0n) is 7.96. The Kier molecular flexibility index (Phi) is 1.85. The molecule has 2 nitrogen and oxygen atoms in total. The lowest BCUT2D eigenvalue weighted by Crippen LogP contribution is -2.04. The van der Waals surface area contributed by atoms with Gasteiger partial charge in [-0.15, -0.1) is 0 Å². The Morgan fingerprint density at radius 1 is 1.31 bits per heavy atom. The van der Waals surface area contributed by atoms with Gasteiger partial charge in [0, 0.05) is 17.3 Å². The van der Waals surface area contributed by atoms with E-state index in [1.165, 1.54) is 10.9 Å². The molecular weight excluding hydrogens is 160 g/mol. The fourth-order valence-corrected chi connectivity index (χ4v) is 1.52. The summed E-state index contributed by atoms with van der Waals surface area (Å²) in [4.78, 5) is 3.30. The van der Waals surface area contributed by atoms with Gasteiger partial charge < -0.3 is 10.7 Å². The number of H-pyrrole nitrogens is 1. The zero-order chi connectivity index (χ0) is 9.42. The highest BCUT2D eigenvalue weighted by molar-refractivity contribution is 5.81. The zero-order valence-corrected chi connectivity index (χ0v) is 7.96. The number of benzene rings is 1. The van der Waals surface area contributed by atoms with Crippen LogP contribution < -0.4 is 5.73 Å². The third-order valence-corrected chi connectivity index (χ3v) is 2.29. The molecule has 2 heteroatoms. The first-order chi connectivity index (χ1) is 6.16. The van der Waals surface area contributed by atoms with Crippen molar-refractivity contribution in [3.8, 4) is 0 Å². The van der Waals surface area contributed by atoms with Crippen molar-refractivity contribution >= 4 is 10.9 Å². The molecule has 0 bridgehead atoms. The molecule has 0 aliphatic heterocycles. The van der Waals surface area contributed by atoms with E-state index in [1.807, 2.05) is 6.92 Å². The predicted molar refractivity (Wildman–Crippen MR) is 55.6 cm³/mol. The molecule has 1 aromatic carbocycles. The highest BCUT2D eigenvalue weighted by atomic mass is 14.8. The predicted octanol–water partition coefficient (Wildman–Crippen LogP) is 2.50. The standard InChI is InChI=1S/C11H14N2/c1-7-3-4-10-9(5-7)6-11(13-10)8(2)12/h3-6,8,13H,12H2,1-2H3. The second kappa shape index (κ2) is 2.89. The van der Waals surface area contributed by atoms with Crippen molar-refractivity contribution in [2.24, 2.45) is 5.73 Å². The number of aryl methyl sites for hydroxylation is 1. The molecule has 68 valence electrons. The quantitative estimate of drug-likeness (QED) is 0.685. The summed E-state index contributed by atoms with van der Waals surface area (Å²) in [7, 11) is 0. The summed E-state index contributed by atoms with van der Waals surface area (Å²) in [5.74, 6) is 0. The smallest absolute Gasteiger partial charge is 0.0456 e. The molecule has 13 heavy (non-hydrogen) atoms. The molecule has 0 radical (unpaired) electrons. The minimum absolute atomic E-state index is 0.0766. The van der Waals surface area contributed by atoms with Crippen LogP contribution in [0.1, 0.15) is 24.2 Å². The first-order valence-electron chi connectivity index (χ1n) is 4.51. The topological polar surface area (TPSA) is 41.8 Å². The van der Waals surface area contributed by atoms with E-state index in [-0.39, 0.29) is 6.04 Å². The molecule has 0 amide bonds. The molecule has 1 heterocycles. The molecule has 0 aliphatic carbocycles. The average Bonchev–Trinajstić information content (AvgIpc) is 2.46. The lowest BCUT2D eigenvalue weighted by molar-refractivity contribution is 0.792. The number of hydrogen-bond donors (Lipinski definition) is 2. The third-order valence-electron chi connectivity index (χ3n) is 2.29. The molecule has 2 aromatic rings. The van der Waals surface area contributed by atoms with E-state index >= 15 is 0 Å². The van der Waals surface area contributed by atoms with Crippen LogP contribution in [0.15, 0.2) is 24.3 Å². The Balaban J connectivity index is 2.62. The van der Waals surface area contributed by atoms with Crippen LogP contribution in [0.3, 0.4) is 0 Å². The molecule has 0 fully saturated rings. The molecule has 0 aliphatic rings.